The third kappa shape index (κ3) is 3.59. The fourth-order valence-electron chi connectivity index (χ4n) is 2.18. The van der Waals surface area contributed by atoms with Crippen LogP contribution in [0.3, 0.4) is 0 Å². The Kier molecular flexibility index (Phi) is 4.54. The van der Waals surface area contributed by atoms with Crippen LogP contribution >= 0.6 is 0 Å². The molecule has 0 saturated heterocycles. The highest BCUT2D eigenvalue weighted by Crippen LogP contribution is 2.36. The maximum atomic E-state index is 12.9. The zero-order valence-electron chi connectivity index (χ0n) is 12.5. The van der Waals surface area contributed by atoms with E-state index in [4.69, 9.17) is 0 Å². The van der Waals surface area contributed by atoms with Gasteiger partial charge in [-0.1, -0.05) is 12.1 Å². The van der Waals surface area contributed by atoms with E-state index in [9.17, 15) is 22.8 Å². The molecule has 0 aliphatic heterocycles. The Morgan fingerprint density at radius 2 is 1.83 bits per heavy atom. The number of amides is 1. The Labute approximate surface area is 131 Å². The summed E-state index contributed by atoms with van der Waals surface area (Å²) in [5.74, 6) is -0.267. The van der Waals surface area contributed by atoms with E-state index in [-0.39, 0.29) is 11.5 Å². The molecule has 0 N–H and O–H groups in total. The van der Waals surface area contributed by atoms with Crippen molar-refractivity contribution in [2.24, 2.45) is 0 Å². The van der Waals surface area contributed by atoms with Crippen LogP contribution in [0.4, 0.5) is 18.9 Å². The van der Waals surface area contributed by atoms with Gasteiger partial charge in [0.25, 0.3) is 0 Å². The minimum absolute atomic E-state index is 0.267. The number of anilines is 1. The molecule has 2 aromatic rings. The molecule has 0 heterocycles. The number of benzene rings is 2. The first-order valence-corrected chi connectivity index (χ1v) is 6.75. The number of rotatable bonds is 3. The molecule has 0 spiro atoms. The van der Waals surface area contributed by atoms with Gasteiger partial charge in [-0.25, -0.2) is 0 Å². The fourth-order valence-corrected chi connectivity index (χ4v) is 2.18. The number of hydrogen-bond donors (Lipinski definition) is 0. The number of hydrogen-bond acceptors (Lipinski definition) is 2. The zero-order chi connectivity index (χ0) is 17.2. The summed E-state index contributed by atoms with van der Waals surface area (Å²) < 4.78 is 38.7. The third-order valence-corrected chi connectivity index (χ3v) is 3.49. The molecule has 2 aromatic carbocycles. The summed E-state index contributed by atoms with van der Waals surface area (Å²) in [4.78, 5) is 23.9. The topological polar surface area (TPSA) is 37.4 Å². The Hall–Kier alpha value is -2.63. The lowest BCUT2D eigenvalue weighted by Crippen LogP contribution is -2.23. The molecule has 2 rings (SSSR count). The summed E-state index contributed by atoms with van der Waals surface area (Å²) in [7, 11) is 1.52. The van der Waals surface area contributed by atoms with Crippen molar-refractivity contribution in [3.8, 4) is 11.1 Å². The van der Waals surface area contributed by atoms with Gasteiger partial charge >= 0.3 is 6.18 Å². The first-order valence-electron chi connectivity index (χ1n) is 6.75. The number of halogens is 3. The van der Waals surface area contributed by atoms with E-state index >= 15 is 0 Å². The van der Waals surface area contributed by atoms with Crippen molar-refractivity contribution in [2.75, 3.05) is 11.9 Å². The van der Waals surface area contributed by atoms with Crippen molar-refractivity contribution in [3.63, 3.8) is 0 Å². The molecule has 120 valence electrons. The van der Waals surface area contributed by atoms with Gasteiger partial charge in [-0.3, -0.25) is 9.59 Å². The second kappa shape index (κ2) is 6.24. The molecule has 0 saturated carbocycles. The smallest absolute Gasteiger partial charge is 0.315 e. The lowest BCUT2D eigenvalue weighted by Gasteiger charge is -2.20. The molecule has 0 aromatic heterocycles. The number of carbonyl (C=O) groups is 2. The lowest BCUT2D eigenvalue weighted by molar-refractivity contribution is -0.137. The Morgan fingerprint density at radius 3 is 2.39 bits per heavy atom. The van der Waals surface area contributed by atoms with Crippen molar-refractivity contribution in [1.29, 1.82) is 0 Å². The highest BCUT2D eigenvalue weighted by Gasteiger charge is 2.30. The fraction of sp³-hybridized carbons (Fsp3) is 0.176. The lowest BCUT2D eigenvalue weighted by atomic mass is 9.98. The molecule has 0 radical (unpaired) electrons. The van der Waals surface area contributed by atoms with Gasteiger partial charge in [0.2, 0.25) is 5.91 Å². The summed E-state index contributed by atoms with van der Waals surface area (Å²) in [5.41, 5.74) is 0.633. The normalized spacial score (nSPS) is 11.2. The number of alkyl halides is 3. The molecule has 0 unspecified atom stereocenters. The first kappa shape index (κ1) is 16.7. The summed E-state index contributed by atoms with van der Waals surface area (Å²) in [5, 5.41) is 0. The molecule has 0 aliphatic rings. The number of nitrogens with zero attached hydrogens (tertiary/aromatic N) is 1. The highest BCUT2D eigenvalue weighted by molar-refractivity contribution is 5.97. The maximum absolute atomic E-state index is 12.9. The largest absolute Gasteiger partial charge is 0.416 e. The van der Waals surface area contributed by atoms with E-state index in [1.165, 1.54) is 43.1 Å². The van der Waals surface area contributed by atoms with Crippen molar-refractivity contribution >= 4 is 17.9 Å². The summed E-state index contributed by atoms with van der Waals surface area (Å²) >= 11 is 0. The van der Waals surface area contributed by atoms with Gasteiger partial charge < -0.3 is 4.90 Å². The molecule has 0 bridgehead atoms. The van der Waals surface area contributed by atoms with Gasteiger partial charge in [-0.2, -0.15) is 13.2 Å². The van der Waals surface area contributed by atoms with E-state index < -0.39 is 11.7 Å². The summed E-state index contributed by atoms with van der Waals surface area (Å²) in [6.45, 7) is 1.35. The van der Waals surface area contributed by atoms with Crippen LogP contribution in [0.1, 0.15) is 22.8 Å². The van der Waals surface area contributed by atoms with Crippen molar-refractivity contribution in [1.82, 2.24) is 0 Å². The quantitative estimate of drug-likeness (QED) is 0.796. The third-order valence-electron chi connectivity index (χ3n) is 3.49. The Balaban J connectivity index is 2.66. The Morgan fingerprint density at radius 1 is 1.13 bits per heavy atom. The standard InChI is InChI=1S/C17H14F3NO2/c1-11(23)21(2)16-7-6-12(10-22)8-15(16)13-4-3-5-14(9-13)17(18,19)20/h3-10H,1-2H3. The first-order chi connectivity index (χ1) is 10.7. The Bertz CT molecular complexity index is 754. The average molecular weight is 321 g/mol. The van der Waals surface area contributed by atoms with Gasteiger partial charge in [0.15, 0.2) is 0 Å². The maximum Gasteiger partial charge on any atom is 0.416 e. The van der Waals surface area contributed by atoms with E-state index in [1.807, 2.05) is 0 Å². The van der Waals surface area contributed by atoms with Crippen LogP contribution in [0.5, 0.6) is 0 Å². The molecule has 0 aliphatic carbocycles. The minimum Gasteiger partial charge on any atom is -0.315 e. The monoisotopic (exact) mass is 321 g/mol. The van der Waals surface area contributed by atoms with Crippen molar-refractivity contribution < 1.29 is 22.8 Å². The summed E-state index contributed by atoms with van der Waals surface area (Å²) in [6.07, 6.45) is -3.86. The second-order valence-electron chi connectivity index (χ2n) is 5.05. The van der Waals surface area contributed by atoms with Crippen LogP contribution in [-0.4, -0.2) is 19.2 Å². The molecule has 23 heavy (non-hydrogen) atoms. The van der Waals surface area contributed by atoms with E-state index in [0.29, 0.717) is 23.1 Å². The van der Waals surface area contributed by atoms with Gasteiger partial charge in [0.05, 0.1) is 11.3 Å². The van der Waals surface area contributed by atoms with Crippen LogP contribution < -0.4 is 4.90 Å². The van der Waals surface area contributed by atoms with Gasteiger partial charge in [0, 0.05) is 25.1 Å². The van der Waals surface area contributed by atoms with Crippen LogP contribution in [0.15, 0.2) is 42.5 Å². The van der Waals surface area contributed by atoms with Crippen LogP contribution in [-0.2, 0) is 11.0 Å². The van der Waals surface area contributed by atoms with E-state index in [0.717, 1.165) is 12.1 Å². The SMILES string of the molecule is CC(=O)N(C)c1ccc(C=O)cc1-c1cccc(C(F)(F)F)c1. The molecular weight excluding hydrogens is 307 g/mol. The minimum atomic E-state index is -4.47. The van der Waals surface area contributed by atoms with Crippen LogP contribution in [0.25, 0.3) is 11.1 Å². The molecule has 0 atom stereocenters. The summed E-state index contributed by atoms with van der Waals surface area (Å²) in [6, 6.07) is 9.31. The molecular formula is C17H14F3NO2. The second-order valence-corrected chi connectivity index (χ2v) is 5.05. The highest BCUT2D eigenvalue weighted by atomic mass is 19.4. The van der Waals surface area contributed by atoms with E-state index in [2.05, 4.69) is 0 Å². The van der Waals surface area contributed by atoms with Gasteiger partial charge in [-0.15, -0.1) is 0 Å². The van der Waals surface area contributed by atoms with Gasteiger partial charge in [0.1, 0.15) is 6.29 Å². The van der Waals surface area contributed by atoms with E-state index in [1.54, 1.807) is 6.07 Å². The van der Waals surface area contributed by atoms with Crippen molar-refractivity contribution in [3.05, 3.63) is 53.6 Å². The number of aldehydes is 1. The molecule has 0 fully saturated rings. The average Bonchev–Trinajstić information content (AvgIpc) is 2.52. The molecule has 1 amide bonds. The predicted octanol–water partition coefficient (Wildman–Crippen LogP) is 4.17. The zero-order valence-corrected chi connectivity index (χ0v) is 12.5. The molecule has 3 nitrogen and oxygen atoms in total. The van der Waals surface area contributed by atoms with Crippen molar-refractivity contribution in [2.45, 2.75) is 13.1 Å². The predicted molar refractivity (Wildman–Crippen MR) is 81.4 cm³/mol. The van der Waals surface area contributed by atoms with Crippen LogP contribution in [0.2, 0.25) is 0 Å². The van der Waals surface area contributed by atoms with Crippen LogP contribution in [0, 0.1) is 0 Å². The molecule has 6 heteroatoms. The van der Waals surface area contributed by atoms with Gasteiger partial charge in [-0.05, 0) is 35.9 Å². The number of carbonyl (C=O) groups excluding carboxylic acids is 2.